The van der Waals surface area contributed by atoms with Crippen LogP contribution >= 0.6 is 0 Å². The Kier molecular flexibility index (Phi) is 6.70. The molecule has 1 fully saturated rings. The van der Waals surface area contributed by atoms with E-state index < -0.39 is 24.4 Å². The van der Waals surface area contributed by atoms with Crippen molar-refractivity contribution in [2.45, 2.75) is 51.6 Å². The molecule has 0 amide bonds. The van der Waals surface area contributed by atoms with Crippen LogP contribution in [0.3, 0.4) is 0 Å². The summed E-state index contributed by atoms with van der Waals surface area (Å²) < 4.78 is 19.9. The summed E-state index contributed by atoms with van der Waals surface area (Å²) in [4.78, 5) is 21.3. The van der Waals surface area contributed by atoms with Gasteiger partial charge < -0.3 is 29.2 Å². The van der Waals surface area contributed by atoms with E-state index in [9.17, 15) is 9.59 Å². The minimum Gasteiger partial charge on any atom is -0.450 e. The van der Waals surface area contributed by atoms with Crippen molar-refractivity contribution in [3.8, 4) is 0 Å². The van der Waals surface area contributed by atoms with Crippen LogP contribution in [0.15, 0.2) is 0 Å². The van der Waals surface area contributed by atoms with E-state index in [1.165, 1.54) is 0 Å². The topological polar surface area (TPSA) is 112 Å². The Morgan fingerprint density at radius 2 is 1.71 bits per heavy atom. The minimum atomic E-state index is -1.96. The fourth-order valence-electron chi connectivity index (χ4n) is 2.24. The molecule has 0 spiro atoms. The lowest BCUT2D eigenvalue weighted by Gasteiger charge is -2.39. The Morgan fingerprint density at radius 1 is 1.19 bits per heavy atom. The molecule has 8 nitrogen and oxygen atoms in total. The molecule has 1 atom stereocenters. The Bertz CT molecular complexity index is 330. The highest BCUT2D eigenvalue weighted by molar-refractivity contribution is 5.60. The van der Waals surface area contributed by atoms with Crippen molar-refractivity contribution >= 4 is 12.3 Å². The Labute approximate surface area is 122 Å². The van der Waals surface area contributed by atoms with E-state index in [4.69, 9.17) is 19.7 Å². The molecule has 0 aromatic heterocycles. The van der Waals surface area contributed by atoms with E-state index in [0.717, 1.165) is 25.7 Å². The van der Waals surface area contributed by atoms with Gasteiger partial charge in [-0.2, -0.15) is 0 Å². The number of carboxylic acid groups (broad SMARTS) is 2. The Morgan fingerprint density at radius 3 is 2.10 bits per heavy atom. The molecule has 0 saturated carbocycles. The van der Waals surface area contributed by atoms with Gasteiger partial charge in [0.1, 0.15) is 13.2 Å². The summed E-state index contributed by atoms with van der Waals surface area (Å²) in [5, 5.41) is 17.3. The molecule has 1 aliphatic heterocycles. The van der Waals surface area contributed by atoms with Crippen molar-refractivity contribution in [2.75, 3.05) is 13.2 Å². The largest absolute Gasteiger partial charge is 0.509 e. The third-order valence-corrected chi connectivity index (χ3v) is 3.32. The normalized spacial score (nSPS) is 19.7. The number of ether oxygens (including phenoxy) is 4. The molecule has 2 N–H and O–H groups in total. The lowest BCUT2D eigenvalue weighted by atomic mass is 9.98. The highest BCUT2D eigenvalue weighted by atomic mass is 16.8. The zero-order chi connectivity index (χ0) is 15.9. The summed E-state index contributed by atoms with van der Waals surface area (Å²) in [6, 6.07) is 0. The van der Waals surface area contributed by atoms with Gasteiger partial charge >= 0.3 is 18.1 Å². The number of unbranched alkanes of at least 4 members (excludes halogenated alkanes) is 1. The Balaban J connectivity index is 2.64. The lowest BCUT2D eigenvalue weighted by Crippen LogP contribution is -2.54. The molecule has 0 bridgehead atoms. The van der Waals surface area contributed by atoms with Gasteiger partial charge in [-0.1, -0.05) is 26.7 Å². The first kappa shape index (κ1) is 17.5. The second-order valence-electron chi connectivity index (χ2n) is 4.95. The molecule has 1 heterocycles. The smallest absolute Gasteiger partial charge is 0.450 e. The van der Waals surface area contributed by atoms with E-state index >= 15 is 0 Å². The third-order valence-electron chi connectivity index (χ3n) is 3.32. The summed E-state index contributed by atoms with van der Waals surface area (Å²) in [6.45, 7) is 3.45. The zero-order valence-corrected chi connectivity index (χ0v) is 12.2. The lowest BCUT2D eigenvalue weighted by molar-refractivity contribution is -0.331. The molecule has 0 aliphatic carbocycles. The molecule has 1 unspecified atom stereocenters. The van der Waals surface area contributed by atoms with Crippen LogP contribution in [0.5, 0.6) is 0 Å². The van der Waals surface area contributed by atoms with Gasteiger partial charge in [0, 0.05) is 5.92 Å². The van der Waals surface area contributed by atoms with Crippen LogP contribution in [-0.4, -0.2) is 47.8 Å². The van der Waals surface area contributed by atoms with Crippen molar-refractivity contribution in [1.82, 2.24) is 0 Å². The summed E-state index contributed by atoms with van der Waals surface area (Å²) in [5.74, 6) is -1.80. The van der Waals surface area contributed by atoms with Crippen LogP contribution in [-0.2, 0) is 18.9 Å². The second-order valence-corrected chi connectivity index (χ2v) is 4.95. The number of rotatable bonds is 7. The standard InChI is InChI=1S/C13H22O8/c1-3-5-6-9(4-2)10-18-7-13(8-19-10,20-11(14)15)21-12(16)17/h9-10H,3-8H2,1-2H3,(H,14,15)(H,16,17). The molecule has 0 aromatic rings. The van der Waals surface area contributed by atoms with E-state index in [2.05, 4.69) is 16.4 Å². The maximum absolute atomic E-state index is 10.7. The SMILES string of the molecule is CCCCC(CC)C1OCC(OC(=O)O)(OC(=O)O)CO1. The summed E-state index contributed by atoms with van der Waals surface area (Å²) in [5.41, 5.74) is 0. The third kappa shape index (κ3) is 5.39. The molecule has 0 radical (unpaired) electrons. The first-order valence-corrected chi connectivity index (χ1v) is 6.99. The second kappa shape index (κ2) is 8.04. The van der Waals surface area contributed by atoms with Gasteiger partial charge in [-0.15, -0.1) is 0 Å². The highest BCUT2D eigenvalue weighted by Gasteiger charge is 2.46. The van der Waals surface area contributed by atoms with Gasteiger partial charge in [-0.3, -0.25) is 0 Å². The monoisotopic (exact) mass is 306 g/mol. The number of carbonyl (C=O) groups is 2. The Hall–Kier alpha value is -1.54. The average molecular weight is 306 g/mol. The van der Waals surface area contributed by atoms with Gasteiger partial charge in [0.05, 0.1) is 0 Å². The van der Waals surface area contributed by atoms with Crippen LogP contribution in [0.2, 0.25) is 0 Å². The van der Waals surface area contributed by atoms with Crippen molar-refractivity contribution in [2.24, 2.45) is 5.92 Å². The molecular formula is C13H22O8. The maximum atomic E-state index is 10.7. The number of hydrogen-bond donors (Lipinski definition) is 2. The van der Waals surface area contributed by atoms with E-state index in [-0.39, 0.29) is 19.1 Å². The van der Waals surface area contributed by atoms with Crippen molar-refractivity contribution in [1.29, 1.82) is 0 Å². The molecule has 1 rings (SSSR count). The first-order valence-electron chi connectivity index (χ1n) is 6.99. The van der Waals surface area contributed by atoms with E-state index in [1.54, 1.807) is 0 Å². The molecule has 1 aliphatic rings. The van der Waals surface area contributed by atoms with Crippen LogP contribution in [0.25, 0.3) is 0 Å². The minimum absolute atomic E-state index is 0.164. The summed E-state index contributed by atoms with van der Waals surface area (Å²) >= 11 is 0. The van der Waals surface area contributed by atoms with Gasteiger partial charge in [0.25, 0.3) is 0 Å². The van der Waals surface area contributed by atoms with Crippen LogP contribution in [0.4, 0.5) is 9.59 Å². The first-order chi connectivity index (χ1) is 9.92. The highest BCUT2D eigenvalue weighted by Crippen LogP contribution is 2.29. The predicted molar refractivity (Wildman–Crippen MR) is 69.9 cm³/mol. The fourth-order valence-corrected chi connectivity index (χ4v) is 2.24. The van der Waals surface area contributed by atoms with Gasteiger partial charge in [0.15, 0.2) is 6.29 Å². The van der Waals surface area contributed by atoms with Gasteiger partial charge in [-0.25, -0.2) is 9.59 Å². The van der Waals surface area contributed by atoms with Crippen LogP contribution in [0, 0.1) is 5.92 Å². The summed E-state index contributed by atoms with van der Waals surface area (Å²) in [7, 11) is 0. The van der Waals surface area contributed by atoms with Crippen molar-refractivity contribution < 1.29 is 38.7 Å². The maximum Gasteiger partial charge on any atom is 0.509 e. The predicted octanol–water partition coefficient (Wildman–Crippen LogP) is 2.66. The quantitative estimate of drug-likeness (QED) is 0.545. The van der Waals surface area contributed by atoms with Crippen molar-refractivity contribution in [3.63, 3.8) is 0 Å². The zero-order valence-electron chi connectivity index (χ0n) is 12.2. The van der Waals surface area contributed by atoms with E-state index in [0.29, 0.717) is 0 Å². The molecule has 1 saturated heterocycles. The van der Waals surface area contributed by atoms with E-state index in [1.807, 2.05) is 6.92 Å². The molecule has 0 aromatic carbocycles. The molecule has 8 heteroatoms. The van der Waals surface area contributed by atoms with Crippen LogP contribution < -0.4 is 0 Å². The van der Waals surface area contributed by atoms with Crippen LogP contribution in [0.1, 0.15) is 39.5 Å². The van der Waals surface area contributed by atoms with Crippen molar-refractivity contribution in [3.05, 3.63) is 0 Å². The number of hydrogen-bond acceptors (Lipinski definition) is 6. The molecular weight excluding hydrogens is 284 g/mol. The van der Waals surface area contributed by atoms with Gasteiger partial charge in [0.2, 0.25) is 0 Å². The van der Waals surface area contributed by atoms with Gasteiger partial charge in [-0.05, 0) is 12.8 Å². The molecule has 21 heavy (non-hydrogen) atoms. The average Bonchev–Trinajstić information content (AvgIpc) is 2.40. The molecule has 122 valence electrons. The fraction of sp³-hybridized carbons (Fsp3) is 0.846. The summed E-state index contributed by atoms with van der Waals surface area (Å²) in [6.07, 6.45) is 0.0348.